The van der Waals surface area contributed by atoms with Crippen molar-refractivity contribution in [1.29, 1.82) is 0 Å². The van der Waals surface area contributed by atoms with Crippen LogP contribution in [0.15, 0.2) is 77.9 Å². The second-order valence-corrected chi connectivity index (χ2v) is 9.03. The second-order valence-electron chi connectivity index (χ2n) is 7.78. The Bertz CT molecular complexity index is 1570. The summed E-state index contributed by atoms with van der Waals surface area (Å²) in [5, 5.41) is 8.93. The molecule has 0 spiro atoms. The molecular formula is C27H18Cl3N3O4. The molecule has 0 atom stereocenters. The zero-order valence-corrected chi connectivity index (χ0v) is 21.5. The number of hydrogen-bond donors (Lipinski definition) is 2. The lowest BCUT2D eigenvalue weighted by Crippen LogP contribution is -2.32. The minimum atomic E-state index is -0.998. The Labute approximate surface area is 227 Å². The number of benzene rings is 4. The first-order valence-corrected chi connectivity index (χ1v) is 12.0. The average Bonchev–Trinajstić information content (AvgIpc) is 2.87. The molecule has 0 aromatic heterocycles. The maximum Gasteiger partial charge on any atom is 0.345 e. The number of ether oxygens (including phenoxy) is 1. The summed E-state index contributed by atoms with van der Waals surface area (Å²) in [6.07, 6.45) is 1.30. The molecule has 7 nitrogen and oxygen atoms in total. The molecule has 0 heterocycles. The second kappa shape index (κ2) is 11.4. The van der Waals surface area contributed by atoms with Crippen LogP contribution in [0.5, 0.6) is 5.75 Å². The van der Waals surface area contributed by atoms with Crippen molar-refractivity contribution in [3.8, 4) is 5.75 Å². The minimum absolute atomic E-state index is 0.128. The van der Waals surface area contributed by atoms with E-state index >= 15 is 0 Å². The quantitative estimate of drug-likeness (QED) is 0.0978. The van der Waals surface area contributed by atoms with Gasteiger partial charge in [0.15, 0.2) is 0 Å². The number of hydrogen-bond acceptors (Lipinski definition) is 5. The zero-order valence-electron chi connectivity index (χ0n) is 19.2. The van der Waals surface area contributed by atoms with Crippen molar-refractivity contribution in [3.63, 3.8) is 0 Å². The van der Waals surface area contributed by atoms with Gasteiger partial charge < -0.3 is 10.1 Å². The predicted octanol–water partition coefficient (Wildman–Crippen LogP) is 6.42. The van der Waals surface area contributed by atoms with Gasteiger partial charge in [0.05, 0.1) is 16.8 Å². The Morgan fingerprint density at radius 2 is 1.65 bits per heavy atom. The highest BCUT2D eigenvalue weighted by Gasteiger charge is 2.18. The van der Waals surface area contributed by atoms with Crippen LogP contribution in [0.2, 0.25) is 15.1 Å². The van der Waals surface area contributed by atoms with Crippen molar-refractivity contribution in [2.75, 3.05) is 5.32 Å². The predicted molar refractivity (Wildman–Crippen MR) is 146 cm³/mol. The number of carbonyl (C=O) groups is 3. The molecule has 2 amide bonds. The van der Waals surface area contributed by atoms with Crippen molar-refractivity contribution >= 4 is 75.3 Å². The van der Waals surface area contributed by atoms with Crippen molar-refractivity contribution in [1.82, 2.24) is 5.43 Å². The molecule has 0 saturated heterocycles. The molecular weight excluding hydrogens is 537 g/mol. The first kappa shape index (κ1) is 26.2. The number of nitrogens with zero attached hydrogens (tertiary/aromatic N) is 1. The van der Waals surface area contributed by atoms with E-state index in [-0.39, 0.29) is 16.3 Å². The van der Waals surface area contributed by atoms with Gasteiger partial charge in [-0.25, -0.2) is 10.2 Å². The van der Waals surface area contributed by atoms with Gasteiger partial charge in [0, 0.05) is 21.3 Å². The van der Waals surface area contributed by atoms with E-state index in [2.05, 4.69) is 15.8 Å². The van der Waals surface area contributed by atoms with Gasteiger partial charge in [0.2, 0.25) is 0 Å². The first-order valence-electron chi connectivity index (χ1n) is 10.8. The van der Waals surface area contributed by atoms with Crippen LogP contribution < -0.4 is 15.5 Å². The molecule has 4 rings (SSSR count). The number of hydrazone groups is 1. The van der Waals surface area contributed by atoms with Crippen LogP contribution in [0, 0.1) is 6.92 Å². The summed E-state index contributed by atoms with van der Waals surface area (Å²) >= 11 is 18.1. The molecule has 0 fully saturated rings. The molecule has 0 aliphatic carbocycles. The van der Waals surface area contributed by atoms with E-state index in [0.29, 0.717) is 32.2 Å². The molecule has 10 heteroatoms. The number of anilines is 1. The third kappa shape index (κ3) is 6.09. The average molecular weight is 555 g/mol. The third-order valence-electron chi connectivity index (χ3n) is 5.37. The van der Waals surface area contributed by atoms with Crippen molar-refractivity contribution < 1.29 is 19.1 Å². The molecule has 2 N–H and O–H groups in total. The smallest absolute Gasteiger partial charge is 0.345 e. The Morgan fingerprint density at radius 1 is 0.865 bits per heavy atom. The molecule has 0 saturated carbocycles. The SMILES string of the molecule is Cc1c(Cl)cccc1NC(=O)C(=O)N/N=C/c1c(OC(=O)c2ccc(Cl)cc2Cl)ccc2ccccc12. The van der Waals surface area contributed by atoms with E-state index in [4.69, 9.17) is 39.5 Å². The molecule has 186 valence electrons. The number of fused-ring (bicyclic) bond motifs is 1. The lowest BCUT2D eigenvalue weighted by atomic mass is 10.0. The highest BCUT2D eigenvalue weighted by Crippen LogP contribution is 2.29. The molecule has 37 heavy (non-hydrogen) atoms. The van der Waals surface area contributed by atoms with Gasteiger partial charge in [-0.05, 0) is 59.7 Å². The maximum atomic E-state index is 12.8. The summed E-state index contributed by atoms with van der Waals surface area (Å²) < 4.78 is 5.61. The van der Waals surface area contributed by atoms with E-state index in [0.717, 1.165) is 5.39 Å². The fourth-order valence-corrected chi connectivity index (χ4v) is 4.10. The summed E-state index contributed by atoms with van der Waals surface area (Å²) in [5.41, 5.74) is 3.75. The normalized spacial score (nSPS) is 10.9. The number of halogens is 3. The first-order chi connectivity index (χ1) is 17.7. The molecule has 4 aromatic rings. The maximum absolute atomic E-state index is 12.8. The standard InChI is InChI=1S/C27H18Cl3N3O4/c1-15-21(29)7-4-8-23(15)32-25(34)26(35)33-31-14-20-18-6-3-2-5-16(18)9-12-24(20)37-27(36)19-11-10-17(28)13-22(19)30/h2-14H,1H3,(H,32,34)(H,33,35)/b31-14+. The van der Waals surface area contributed by atoms with Crippen LogP contribution >= 0.6 is 34.8 Å². The Morgan fingerprint density at radius 3 is 2.43 bits per heavy atom. The summed E-state index contributed by atoms with van der Waals surface area (Å²) in [5.74, 6) is -2.45. The lowest BCUT2D eigenvalue weighted by Gasteiger charge is -2.11. The highest BCUT2D eigenvalue weighted by molar-refractivity contribution is 6.40. The van der Waals surface area contributed by atoms with Crippen molar-refractivity contribution in [3.05, 3.63) is 105 Å². The Hall–Kier alpha value is -3.91. The summed E-state index contributed by atoms with van der Waals surface area (Å²) in [6.45, 7) is 1.72. The van der Waals surface area contributed by atoms with Crippen LogP contribution in [-0.2, 0) is 9.59 Å². The zero-order chi connectivity index (χ0) is 26.5. The van der Waals surface area contributed by atoms with Gasteiger partial charge >= 0.3 is 17.8 Å². The van der Waals surface area contributed by atoms with Gasteiger partial charge in [0.25, 0.3) is 0 Å². The van der Waals surface area contributed by atoms with E-state index in [1.165, 1.54) is 24.4 Å². The molecule has 0 aliphatic heterocycles. The Balaban J connectivity index is 1.56. The molecule has 0 unspecified atom stereocenters. The van der Waals surface area contributed by atoms with Crippen molar-refractivity contribution in [2.45, 2.75) is 6.92 Å². The van der Waals surface area contributed by atoms with Crippen LogP contribution in [0.4, 0.5) is 5.69 Å². The van der Waals surface area contributed by atoms with E-state index in [9.17, 15) is 14.4 Å². The fraction of sp³-hybridized carbons (Fsp3) is 0.0370. The molecule has 0 radical (unpaired) electrons. The molecule has 4 aromatic carbocycles. The van der Waals surface area contributed by atoms with Crippen molar-refractivity contribution in [2.24, 2.45) is 5.10 Å². The van der Waals surface area contributed by atoms with Crippen LogP contribution in [0.3, 0.4) is 0 Å². The largest absolute Gasteiger partial charge is 0.422 e. The van der Waals surface area contributed by atoms with Gasteiger partial charge in [-0.3, -0.25) is 9.59 Å². The van der Waals surface area contributed by atoms with E-state index < -0.39 is 17.8 Å². The lowest BCUT2D eigenvalue weighted by molar-refractivity contribution is -0.136. The number of esters is 1. The highest BCUT2D eigenvalue weighted by atomic mass is 35.5. The van der Waals surface area contributed by atoms with Crippen LogP contribution in [0.1, 0.15) is 21.5 Å². The minimum Gasteiger partial charge on any atom is -0.422 e. The van der Waals surface area contributed by atoms with Gasteiger partial charge in [0.1, 0.15) is 5.75 Å². The molecule has 0 bridgehead atoms. The molecule has 0 aliphatic rings. The number of amides is 2. The monoisotopic (exact) mass is 553 g/mol. The number of carbonyl (C=O) groups excluding carboxylic acids is 3. The van der Waals surface area contributed by atoms with Gasteiger partial charge in [-0.15, -0.1) is 0 Å². The van der Waals surface area contributed by atoms with Gasteiger partial charge in [-0.1, -0.05) is 71.2 Å². The third-order valence-corrected chi connectivity index (χ3v) is 6.32. The Kier molecular flexibility index (Phi) is 8.08. The topological polar surface area (TPSA) is 96.9 Å². The number of rotatable bonds is 5. The van der Waals surface area contributed by atoms with Gasteiger partial charge in [-0.2, -0.15) is 5.10 Å². The van der Waals surface area contributed by atoms with Crippen LogP contribution in [-0.4, -0.2) is 24.0 Å². The van der Waals surface area contributed by atoms with E-state index in [1.807, 2.05) is 12.1 Å². The summed E-state index contributed by atoms with van der Waals surface area (Å²) in [7, 11) is 0. The van der Waals surface area contributed by atoms with Crippen LogP contribution in [0.25, 0.3) is 10.8 Å². The fourth-order valence-electron chi connectivity index (χ4n) is 3.44. The number of nitrogens with one attached hydrogen (secondary N) is 2. The summed E-state index contributed by atoms with van der Waals surface area (Å²) in [6, 6.07) is 20.1. The summed E-state index contributed by atoms with van der Waals surface area (Å²) in [4.78, 5) is 37.5. The van der Waals surface area contributed by atoms with E-state index in [1.54, 1.807) is 49.4 Å².